The third-order valence-electron chi connectivity index (χ3n) is 5.23. The van der Waals surface area contributed by atoms with Crippen LogP contribution in [-0.2, 0) is 4.79 Å². The summed E-state index contributed by atoms with van der Waals surface area (Å²) in [4.78, 5) is 40.5. The number of hydrogen-bond acceptors (Lipinski definition) is 8. The summed E-state index contributed by atoms with van der Waals surface area (Å²) in [6.45, 7) is 0.0553. The average Bonchev–Trinajstić information content (AvgIpc) is 3.28. The predicted molar refractivity (Wildman–Crippen MR) is 112 cm³/mol. The second-order valence-electron chi connectivity index (χ2n) is 7.17. The van der Waals surface area contributed by atoms with E-state index in [1.807, 2.05) is 30.8 Å². The highest BCUT2D eigenvalue weighted by atomic mass is 32.2. The van der Waals surface area contributed by atoms with Crippen molar-refractivity contribution in [3.05, 3.63) is 30.7 Å². The predicted octanol–water partition coefficient (Wildman–Crippen LogP) is 2.44. The second kappa shape index (κ2) is 8.24. The molecule has 2 N–H and O–H groups in total. The van der Waals surface area contributed by atoms with E-state index < -0.39 is 0 Å². The van der Waals surface area contributed by atoms with Gasteiger partial charge in [-0.15, -0.1) is 11.8 Å². The van der Waals surface area contributed by atoms with Gasteiger partial charge in [-0.3, -0.25) is 14.6 Å². The van der Waals surface area contributed by atoms with Gasteiger partial charge in [-0.25, -0.2) is 19.7 Å². The van der Waals surface area contributed by atoms with Crippen LogP contribution in [-0.4, -0.2) is 63.7 Å². The van der Waals surface area contributed by atoms with E-state index in [4.69, 9.17) is 0 Å². The number of carbonyl (C=O) groups is 2. The van der Waals surface area contributed by atoms with E-state index in [0.29, 0.717) is 23.7 Å². The van der Waals surface area contributed by atoms with Crippen molar-refractivity contribution < 1.29 is 9.59 Å². The van der Waals surface area contributed by atoms with Crippen LogP contribution in [0.15, 0.2) is 35.6 Å². The fraction of sp³-hybridized carbons (Fsp3) is 0.421. The summed E-state index contributed by atoms with van der Waals surface area (Å²) in [5, 5.41) is 6.84. The maximum absolute atomic E-state index is 12.1. The van der Waals surface area contributed by atoms with E-state index in [-0.39, 0.29) is 18.5 Å². The molecule has 0 unspecified atom stereocenters. The Morgan fingerprint density at radius 3 is 2.34 bits per heavy atom. The van der Waals surface area contributed by atoms with E-state index in [0.717, 1.165) is 34.9 Å². The van der Waals surface area contributed by atoms with Gasteiger partial charge >= 0.3 is 6.03 Å². The van der Waals surface area contributed by atoms with Gasteiger partial charge in [0.1, 0.15) is 12.4 Å². The van der Waals surface area contributed by atoms with E-state index in [2.05, 4.69) is 25.6 Å². The van der Waals surface area contributed by atoms with Gasteiger partial charge in [-0.1, -0.05) is 0 Å². The van der Waals surface area contributed by atoms with E-state index in [1.54, 1.807) is 18.0 Å². The first-order valence-electron chi connectivity index (χ1n) is 9.46. The summed E-state index contributed by atoms with van der Waals surface area (Å²) in [5.74, 6) is 1.20. The van der Waals surface area contributed by atoms with Crippen LogP contribution < -0.4 is 15.5 Å². The molecule has 0 spiro atoms. The third kappa shape index (κ3) is 4.26. The molecular formula is C19H23N7O2S. The fourth-order valence-electron chi connectivity index (χ4n) is 3.56. The van der Waals surface area contributed by atoms with Gasteiger partial charge in [0.05, 0.1) is 11.9 Å². The lowest BCUT2D eigenvalue weighted by Gasteiger charge is -2.17. The van der Waals surface area contributed by atoms with Gasteiger partial charge in [-0.2, -0.15) is 0 Å². The van der Waals surface area contributed by atoms with E-state index in [9.17, 15) is 9.59 Å². The summed E-state index contributed by atoms with van der Waals surface area (Å²) in [7, 11) is 1.49. The zero-order valence-electron chi connectivity index (χ0n) is 16.3. The Labute approximate surface area is 173 Å². The number of aromatic nitrogens is 3. The Hall–Kier alpha value is -2.88. The topological polar surface area (TPSA) is 103 Å². The van der Waals surface area contributed by atoms with Gasteiger partial charge in [0.15, 0.2) is 0 Å². The third-order valence-corrected chi connectivity index (χ3v) is 5.91. The molecule has 3 amide bonds. The molecule has 2 aliphatic rings. The van der Waals surface area contributed by atoms with Crippen molar-refractivity contribution in [3.8, 4) is 0 Å². The SMILES string of the molecule is CSc1cnc(N[C@H]2CC[C@H](Nc3ccc(N4CC(=O)N(C)C4=O)cn3)C2)nc1. The first-order chi connectivity index (χ1) is 14.0. The number of hydrogen-bond donors (Lipinski definition) is 2. The number of imide groups is 1. The van der Waals surface area contributed by atoms with Crippen LogP contribution >= 0.6 is 11.8 Å². The largest absolute Gasteiger partial charge is 0.367 e. The van der Waals surface area contributed by atoms with Crippen molar-refractivity contribution in [2.45, 2.75) is 36.2 Å². The second-order valence-corrected chi connectivity index (χ2v) is 8.04. The molecule has 2 atom stereocenters. The Bertz CT molecular complexity index is 890. The zero-order chi connectivity index (χ0) is 20.4. The lowest BCUT2D eigenvalue weighted by Crippen LogP contribution is -2.29. The molecule has 29 heavy (non-hydrogen) atoms. The zero-order valence-corrected chi connectivity index (χ0v) is 17.1. The lowest BCUT2D eigenvalue weighted by molar-refractivity contribution is -0.123. The van der Waals surface area contributed by atoms with Crippen LogP contribution in [0.5, 0.6) is 0 Å². The van der Waals surface area contributed by atoms with Crippen LogP contribution in [0.1, 0.15) is 19.3 Å². The van der Waals surface area contributed by atoms with Crippen LogP contribution in [0.3, 0.4) is 0 Å². The molecule has 0 radical (unpaired) electrons. The molecule has 152 valence electrons. The van der Waals surface area contributed by atoms with Crippen LogP contribution in [0.25, 0.3) is 0 Å². The Balaban J connectivity index is 1.31. The number of thioether (sulfide) groups is 1. The number of nitrogens with zero attached hydrogens (tertiary/aromatic N) is 5. The molecule has 9 nitrogen and oxygen atoms in total. The molecule has 1 saturated heterocycles. The monoisotopic (exact) mass is 413 g/mol. The van der Waals surface area contributed by atoms with Gasteiger partial charge in [0.25, 0.3) is 0 Å². The Morgan fingerprint density at radius 1 is 1.03 bits per heavy atom. The highest BCUT2D eigenvalue weighted by Gasteiger charge is 2.34. The summed E-state index contributed by atoms with van der Waals surface area (Å²) in [5.41, 5.74) is 0.620. The number of pyridine rings is 1. The highest BCUT2D eigenvalue weighted by molar-refractivity contribution is 7.98. The quantitative estimate of drug-likeness (QED) is 0.550. The summed E-state index contributed by atoms with van der Waals surface area (Å²) < 4.78 is 0. The van der Waals surface area contributed by atoms with E-state index >= 15 is 0 Å². The van der Waals surface area contributed by atoms with Gasteiger partial charge in [-0.05, 0) is 37.7 Å². The van der Waals surface area contributed by atoms with E-state index in [1.165, 1.54) is 11.9 Å². The molecule has 0 bridgehead atoms. The fourth-order valence-corrected chi connectivity index (χ4v) is 3.88. The van der Waals surface area contributed by atoms with Crippen molar-refractivity contribution in [2.75, 3.05) is 35.4 Å². The molecular weight excluding hydrogens is 390 g/mol. The first kappa shape index (κ1) is 19.4. The standard InChI is InChI=1S/C19H23N7O2S/c1-25-17(27)11-26(19(25)28)14-5-6-16(20-8-14)23-12-3-4-13(7-12)24-18-21-9-15(29-2)10-22-18/h5-6,8-10,12-13H,3-4,7,11H2,1-2H3,(H,20,23)(H,21,22,24)/t12-,13-/m0/s1. The number of nitrogens with one attached hydrogen (secondary N) is 2. The normalized spacial score (nSPS) is 21.7. The van der Waals surface area contributed by atoms with Crippen molar-refractivity contribution in [1.29, 1.82) is 0 Å². The number of amides is 3. The van der Waals surface area contributed by atoms with Crippen molar-refractivity contribution >= 4 is 41.2 Å². The maximum atomic E-state index is 12.1. The average molecular weight is 414 g/mol. The smallest absolute Gasteiger partial charge is 0.331 e. The first-order valence-corrected chi connectivity index (χ1v) is 10.7. The van der Waals surface area contributed by atoms with Crippen molar-refractivity contribution in [1.82, 2.24) is 19.9 Å². The molecule has 1 aliphatic carbocycles. The molecule has 1 saturated carbocycles. The number of anilines is 3. The minimum Gasteiger partial charge on any atom is -0.367 e. The molecule has 2 fully saturated rings. The lowest BCUT2D eigenvalue weighted by atomic mass is 10.2. The van der Waals surface area contributed by atoms with Crippen molar-refractivity contribution in [2.24, 2.45) is 0 Å². The minimum absolute atomic E-state index is 0.0553. The summed E-state index contributed by atoms with van der Waals surface area (Å²) >= 11 is 1.62. The Kier molecular flexibility index (Phi) is 5.52. The summed E-state index contributed by atoms with van der Waals surface area (Å²) in [6.07, 6.45) is 10.3. The van der Waals surface area contributed by atoms with Gasteiger partial charge < -0.3 is 10.6 Å². The Morgan fingerprint density at radius 2 is 1.76 bits per heavy atom. The molecule has 3 heterocycles. The van der Waals surface area contributed by atoms with Gasteiger partial charge in [0, 0.05) is 36.4 Å². The molecule has 10 heteroatoms. The highest BCUT2D eigenvalue weighted by Crippen LogP contribution is 2.26. The molecule has 4 rings (SSSR count). The molecule has 2 aromatic rings. The van der Waals surface area contributed by atoms with Gasteiger partial charge in [0.2, 0.25) is 11.9 Å². The van der Waals surface area contributed by atoms with Crippen molar-refractivity contribution in [3.63, 3.8) is 0 Å². The van der Waals surface area contributed by atoms with Crippen LogP contribution in [0, 0.1) is 0 Å². The molecule has 1 aliphatic heterocycles. The van der Waals surface area contributed by atoms with Crippen LogP contribution in [0.4, 0.5) is 22.2 Å². The minimum atomic E-state index is -0.324. The molecule has 2 aromatic heterocycles. The number of rotatable bonds is 6. The number of likely N-dealkylation sites (N-methyl/N-ethyl adjacent to an activating group) is 1. The van der Waals surface area contributed by atoms with Crippen LogP contribution in [0.2, 0.25) is 0 Å². The molecule has 0 aromatic carbocycles. The summed E-state index contributed by atoms with van der Waals surface area (Å²) in [6, 6.07) is 3.95. The number of urea groups is 1. The number of carbonyl (C=O) groups excluding carboxylic acids is 2. The maximum Gasteiger partial charge on any atom is 0.331 e.